The van der Waals surface area contributed by atoms with Crippen LogP contribution in [0.25, 0.3) is 0 Å². The van der Waals surface area contributed by atoms with Gasteiger partial charge in [0.05, 0.1) is 6.54 Å². The fourth-order valence-electron chi connectivity index (χ4n) is 2.24. The molecular formula is C14H19ClN2O. The fourth-order valence-corrected chi connectivity index (χ4v) is 2.46. The van der Waals surface area contributed by atoms with Gasteiger partial charge in [0.15, 0.2) is 5.78 Å². The summed E-state index contributed by atoms with van der Waals surface area (Å²) in [6.45, 7) is 8.19. The van der Waals surface area contributed by atoms with Crippen molar-refractivity contribution in [1.82, 2.24) is 10.2 Å². The number of carbonyl (C=O) groups is 1. The van der Waals surface area contributed by atoms with Crippen LogP contribution in [0.2, 0.25) is 5.02 Å². The van der Waals surface area contributed by atoms with E-state index in [1.54, 1.807) is 0 Å². The standard InChI is InChI=1S/C14H19ClN2O/c1-10-8-13(15)11(2)7-12(10)14(18)9-17-5-3-16-4-6-17/h7-8,16H,3-6,9H2,1-2H3. The van der Waals surface area contributed by atoms with E-state index >= 15 is 0 Å². The van der Waals surface area contributed by atoms with Crippen LogP contribution in [-0.4, -0.2) is 43.4 Å². The fraction of sp³-hybridized carbons (Fsp3) is 0.500. The zero-order valence-electron chi connectivity index (χ0n) is 10.9. The third-order valence-electron chi connectivity index (χ3n) is 3.38. The first kappa shape index (κ1) is 13.5. The number of carbonyl (C=O) groups excluding carboxylic acids is 1. The van der Waals surface area contributed by atoms with Crippen LogP contribution in [0.15, 0.2) is 12.1 Å². The number of nitrogens with one attached hydrogen (secondary N) is 1. The number of piperazine rings is 1. The number of hydrogen-bond donors (Lipinski definition) is 1. The van der Waals surface area contributed by atoms with Crippen LogP contribution in [0.4, 0.5) is 0 Å². The molecule has 4 heteroatoms. The molecule has 18 heavy (non-hydrogen) atoms. The Morgan fingerprint density at radius 1 is 1.28 bits per heavy atom. The zero-order valence-corrected chi connectivity index (χ0v) is 11.7. The van der Waals surface area contributed by atoms with Gasteiger partial charge in [-0.05, 0) is 37.1 Å². The highest BCUT2D eigenvalue weighted by molar-refractivity contribution is 6.31. The molecule has 0 unspecified atom stereocenters. The quantitative estimate of drug-likeness (QED) is 0.850. The smallest absolute Gasteiger partial charge is 0.177 e. The molecule has 0 aromatic heterocycles. The topological polar surface area (TPSA) is 32.3 Å². The largest absolute Gasteiger partial charge is 0.314 e. The molecule has 0 aliphatic carbocycles. The van der Waals surface area contributed by atoms with E-state index in [9.17, 15) is 4.79 Å². The third kappa shape index (κ3) is 3.10. The Bertz CT molecular complexity index is 453. The summed E-state index contributed by atoms with van der Waals surface area (Å²) in [6, 6.07) is 3.78. The van der Waals surface area contributed by atoms with E-state index in [2.05, 4.69) is 10.2 Å². The Morgan fingerprint density at radius 3 is 2.61 bits per heavy atom. The number of halogens is 1. The van der Waals surface area contributed by atoms with Gasteiger partial charge in [-0.3, -0.25) is 9.69 Å². The molecule has 0 radical (unpaired) electrons. The normalized spacial score (nSPS) is 16.8. The Balaban J connectivity index is 2.10. The third-order valence-corrected chi connectivity index (χ3v) is 3.79. The van der Waals surface area contributed by atoms with E-state index in [4.69, 9.17) is 11.6 Å². The van der Waals surface area contributed by atoms with Crippen LogP contribution in [0.1, 0.15) is 21.5 Å². The lowest BCUT2D eigenvalue weighted by Crippen LogP contribution is -2.45. The SMILES string of the molecule is Cc1cc(C(=O)CN2CCNCC2)c(C)cc1Cl. The van der Waals surface area contributed by atoms with Crippen LogP contribution >= 0.6 is 11.6 Å². The monoisotopic (exact) mass is 266 g/mol. The van der Waals surface area contributed by atoms with Crippen LogP contribution in [0.3, 0.4) is 0 Å². The van der Waals surface area contributed by atoms with Crippen molar-refractivity contribution in [3.05, 3.63) is 33.8 Å². The van der Waals surface area contributed by atoms with Crippen molar-refractivity contribution in [2.45, 2.75) is 13.8 Å². The lowest BCUT2D eigenvalue weighted by atomic mass is 10.0. The van der Waals surface area contributed by atoms with Crippen molar-refractivity contribution in [1.29, 1.82) is 0 Å². The summed E-state index contributed by atoms with van der Waals surface area (Å²) in [6.07, 6.45) is 0. The number of rotatable bonds is 3. The summed E-state index contributed by atoms with van der Waals surface area (Å²) in [4.78, 5) is 14.5. The molecule has 0 amide bonds. The molecule has 1 aliphatic heterocycles. The Morgan fingerprint density at radius 2 is 1.94 bits per heavy atom. The number of Topliss-reactive ketones (excluding diaryl/α,β-unsaturated/α-hetero) is 1. The average Bonchev–Trinajstić information content (AvgIpc) is 2.35. The molecule has 1 heterocycles. The maximum atomic E-state index is 12.3. The molecule has 0 bridgehead atoms. The van der Waals surface area contributed by atoms with Crippen LogP contribution in [0, 0.1) is 13.8 Å². The molecule has 2 rings (SSSR count). The second-order valence-corrected chi connectivity index (χ2v) is 5.27. The molecule has 1 fully saturated rings. The molecule has 3 nitrogen and oxygen atoms in total. The van der Waals surface area contributed by atoms with Gasteiger partial charge in [0.1, 0.15) is 0 Å². The molecule has 1 N–H and O–H groups in total. The lowest BCUT2D eigenvalue weighted by molar-refractivity contribution is 0.0921. The highest BCUT2D eigenvalue weighted by atomic mass is 35.5. The van der Waals surface area contributed by atoms with Gasteiger partial charge in [0.25, 0.3) is 0 Å². The minimum atomic E-state index is 0.189. The van der Waals surface area contributed by atoms with Crippen LogP contribution in [0.5, 0.6) is 0 Å². The van der Waals surface area contributed by atoms with Crippen molar-refractivity contribution in [2.24, 2.45) is 0 Å². The van der Waals surface area contributed by atoms with Gasteiger partial charge in [-0.1, -0.05) is 11.6 Å². The van der Waals surface area contributed by atoms with Crippen molar-refractivity contribution in [3.8, 4) is 0 Å². The number of ketones is 1. The molecule has 0 atom stereocenters. The minimum Gasteiger partial charge on any atom is -0.314 e. The second-order valence-electron chi connectivity index (χ2n) is 4.87. The molecule has 98 valence electrons. The summed E-state index contributed by atoms with van der Waals surface area (Å²) in [7, 11) is 0. The predicted molar refractivity (Wildman–Crippen MR) is 74.6 cm³/mol. The van der Waals surface area contributed by atoms with Crippen molar-refractivity contribution >= 4 is 17.4 Å². The Labute approximate surface area is 113 Å². The molecule has 1 aromatic carbocycles. The molecule has 0 saturated carbocycles. The number of nitrogens with zero attached hydrogens (tertiary/aromatic N) is 1. The van der Waals surface area contributed by atoms with Gasteiger partial charge >= 0.3 is 0 Å². The first-order chi connectivity index (χ1) is 8.58. The predicted octanol–water partition coefficient (Wildman–Crippen LogP) is 2.04. The number of benzene rings is 1. The summed E-state index contributed by atoms with van der Waals surface area (Å²) in [5, 5.41) is 4.01. The first-order valence-corrected chi connectivity index (χ1v) is 6.69. The summed E-state index contributed by atoms with van der Waals surface area (Å²) in [5.41, 5.74) is 2.73. The zero-order chi connectivity index (χ0) is 13.1. The molecule has 1 aliphatic rings. The van der Waals surface area contributed by atoms with Crippen LogP contribution < -0.4 is 5.32 Å². The van der Waals surface area contributed by atoms with E-state index in [1.807, 2.05) is 26.0 Å². The lowest BCUT2D eigenvalue weighted by Gasteiger charge is -2.26. The van der Waals surface area contributed by atoms with Crippen molar-refractivity contribution in [2.75, 3.05) is 32.7 Å². The van der Waals surface area contributed by atoms with Gasteiger partial charge in [0.2, 0.25) is 0 Å². The van der Waals surface area contributed by atoms with E-state index in [1.165, 1.54) is 0 Å². The average molecular weight is 267 g/mol. The molecular weight excluding hydrogens is 248 g/mol. The highest BCUT2D eigenvalue weighted by Gasteiger charge is 2.17. The summed E-state index contributed by atoms with van der Waals surface area (Å²) < 4.78 is 0. The van der Waals surface area contributed by atoms with E-state index in [0.29, 0.717) is 6.54 Å². The summed E-state index contributed by atoms with van der Waals surface area (Å²) >= 11 is 6.05. The van der Waals surface area contributed by atoms with Gasteiger partial charge in [-0.15, -0.1) is 0 Å². The second kappa shape index (κ2) is 5.83. The first-order valence-electron chi connectivity index (χ1n) is 6.31. The van der Waals surface area contributed by atoms with Gasteiger partial charge in [-0.25, -0.2) is 0 Å². The van der Waals surface area contributed by atoms with E-state index < -0.39 is 0 Å². The van der Waals surface area contributed by atoms with Crippen molar-refractivity contribution < 1.29 is 4.79 Å². The van der Waals surface area contributed by atoms with Gasteiger partial charge < -0.3 is 5.32 Å². The molecule has 1 saturated heterocycles. The van der Waals surface area contributed by atoms with Gasteiger partial charge in [0, 0.05) is 36.8 Å². The highest BCUT2D eigenvalue weighted by Crippen LogP contribution is 2.21. The Hall–Kier alpha value is -0.900. The Kier molecular flexibility index (Phi) is 4.38. The maximum absolute atomic E-state index is 12.3. The molecule has 0 spiro atoms. The minimum absolute atomic E-state index is 0.189. The maximum Gasteiger partial charge on any atom is 0.177 e. The van der Waals surface area contributed by atoms with E-state index in [0.717, 1.165) is 47.9 Å². The number of hydrogen-bond acceptors (Lipinski definition) is 3. The number of aryl methyl sites for hydroxylation is 2. The summed E-state index contributed by atoms with van der Waals surface area (Å²) in [5.74, 6) is 0.189. The van der Waals surface area contributed by atoms with E-state index in [-0.39, 0.29) is 5.78 Å². The van der Waals surface area contributed by atoms with Gasteiger partial charge in [-0.2, -0.15) is 0 Å². The van der Waals surface area contributed by atoms with Crippen LogP contribution in [-0.2, 0) is 0 Å². The van der Waals surface area contributed by atoms with Crippen molar-refractivity contribution in [3.63, 3.8) is 0 Å². The molecule has 1 aromatic rings.